The van der Waals surface area contributed by atoms with E-state index in [4.69, 9.17) is 0 Å². The lowest BCUT2D eigenvalue weighted by molar-refractivity contribution is -0.141. The Kier molecular flexibility index (Phi) is 5.85. The Balaban J connectivity index is 2.10. The first-order valence-electron chi connectivity index (χ1n) is 8.60. The van der Waals surface area contributed by atoms with Crippen molar-refractivity contribution < 1.29 is 26.4 Å². The Morgan fingerprint density at radius 1 is 1.21 bits per heavy atom. The molecule has 1 fully saturated rings. The molecule has 0 aliphatic heterocycles. The molecule has 2 heterocycles. The third kappa shape index (κ3) is 4.40. The monoisotopic (exact) mass is 433 g/mol. The lowest BCUT2D eigenvalue weighted by Crippen LogP contribution is -2.11. The third-order valence-electron chi connectivity index (χ3n) is 4.46. The van der Waals surface area contributed by atoms with Gasteiger partial charge in [-0.1, -0.05) is 19.3 Å². The highest BCUT2D eigenvalue weighted by Gasteiger charge is 2.40. The number of rotatable bonds is 5. The molecule has 1 aliphatic rings. The molecular weight excluding hydrogens is 415 g/mol. The molecule has 0 aromatic carbocycles. The summed E-state index contributed by atoms with van der Waals surface area (Å²) in [6.07, 6.45) is 2.18. The third-order valence-corrected chi connectivity index (χ3v) is 6.98. The zero-order chi connectivity index (χ0) is 20.5. The van der Waals surface area contributed by atoms with Crippen molar-refractivity contribution in [1.29, 1.82) is 0 Å². The van der Waals surface area contributed by atoms with Gasteiger partial charge in [-0.2, -0.15) is 18.3 Å². The summed E-state index contributed by atoms with van der Waals surface area (Å²) in [5, 5.41) is 3.77. The molecule has 28 heavy (non-hydrogen) atoms. The number of carbonyl (C=O) groups is 1. The predicted molar refractivity (Wildman–Crippen MR) is 97.6 cm³/mol. The molecule has 0 amide bonds. The van der Waals surface area contributed by atoms with Crippen LogP contribution in [-0.2, 0) is 16.0 Å². The van der Waals surface area contributed by atoms with Gasteiger partial charge in [-0.3, -0.25) is 4.79 Å². The Morgan fingerprint density at radius 2 is 1.89 bits per heavy atom. The van der Waals surface area contributed by atoms with E-state index in [1.165, 1.54) is 23.9 Å². The highest BCUT2D eigenvalue weighted by atomic mass is 32.2. The topological polar surface area (TPSA) is 81.9 Å². The zero-order valence-electron chi connectivity index (χ0n) is 14.9. The smallest absolute Gasteiger partial charge is 0.298 e. The van der Waals surface area contributed by atoms with Gasteiger partial charge in [0.25, 0.3) is 0 Å². The summed E-state index contributed by atoms with van der Waals surface area (Å²) in [7, 11) is -3.50. The summed E-state index contributed by atoms with van der Waals surface area (Å²) < 4.78 is 64.4. The fraction of sp³-hybridized carbons (Fsp3) is 0.471. The summed E-state index contributed by atoms with van der Waals surface area (Å²) >= 11 is 1.19. The highest BCUT2D eigenvalue weighted by molar-refractivity contribution is 8.00. The summed E-state index contributed by atoms with van der Waals surface area (Å²) in [4.78, 5) is 15.4. The van der Waals surface area contributed by atoms with Crippen LogP contribution in [-0.4, -0.2) is 41.0 Å². The molecule has 0 radical (unpaired) electrons. The number of thioether (sulfide) groups is 1. The maximum Gasteiger partial charge on any atom is 0.435 e. The number of sulfone groups is 1. The second-order valence-corrected chi connectivity index (χ2v) is 9.90. The fourth-order valence-electron chi connectivity index (χ4n) is 3.06. The fourth-order valence-corrected chi connectivity index (χ4v) is 5.01. The molecule has 6 nitrogen and oxygen atoms in total. The van der Waals surface area contributed by atoms with E-state index in [0.717, 1.165) is 49.2 Å². The number of aldehydes is 1. The van der Waals surface area contributed by atoms with Crippen molar-refractivity contribution in [2.24, 2.45) is 0 Å². The predicted octanol–water partition coefficient (Wildman–Crippen LogP) is 3.93. The van der Waals surface area contributed by atoms with Crippen LogP contribution in [0.15, 0.2) is 28.3 Å². The maximum absolute atomic E-state index is 13.4. The van der Waals surface area contributed by atoms with Crippen molar-refractivity contribution in [3.8, 4) is 5.82 Å². The van der Waals surface area contributed by atoms with E-state index in [1.807, 2.05) is 0 Å². The normalized spacial score (nSPS) is 16.3. The molecule has 11 heteroatoms. The number of carbonyl (C=O) groups excluding carboxylic acids is 1. The molecule has 0 unspecified atom stereocenters. The minimum atomic E-state index is -4.80. The van der Waals surface area contributed by atoms with Crippen LogP contribution in [0.25, 0.3) is 5.82 Å². The summed E-state index contributed by atoms with van der Waals surface area (Å²) in [6.45, 7) is 0. The minimum absolute atomic E-state index is 0.0179. The molecule has 0 bridgehead atoms. The van der Waals surface area contributed by atoms with Crippen molar-refractivity contribution in [3.63, 3.8) is 0 Å². The molecule has 3 rings (SSSR count). The quantitative estimate of drug-likeness (QED) is 0.665. The van der Waals surface area contributed by atoms with Crippen LogP contribution in [0, 0.1) is 0 Å². The first kappa shape index (κ1) is 20.8. The second kappa shape index (κ2) is 7.86. The van der Waals surface area contributed by atoms with Crippen LogP contribution < -0.4 is 0 Å². The van der Waals surface area contributed by atoms with Gasteiger partial charge in [0.15, 0.2) is 27.6 Å². The molecule has 0 atom stereocenters. The molecule has 0 spiro atoms. The summed E-state index contributed by atoms with van der Waals surface area (Å²) in [5.74, 6) is 0.0179. The number of pyridine rings is 1. The number of aromatic nitrogens is 3. The van der Waals surface area contributed by atoms with E-state index in [2.05, 4.69) is 10.1 Å². The van der Waals surface area contributed by atoms with E-state index < -0.39 is 27.3 Å². The summed E-state index contributed by atoms with van der Waals surface area (Å²) in [6, 6.07) is 2.53. The Bertz CT molecular complexity index is 964. The van der Waals surface area contributed by atoms with Gasteiger partial charge in [0, 0.05) is 17.7 Å². The van der Waals surface area contributed by atoms with Gasteiger partial charge < -0.3 is 0 Å². The maximum atomic E-state index is 13.4. The van der Waals surface area contributed by atoms with Crippen LogP contribution in [0.4, 0.5) is 13.2 Å². The van der Waals surface area contributed by atoms with E-state index >= 15 is 0 Å². The van der Waals surface area contributed by atoms with Crippen LogP contribution in [0.2, 0.25) is 0 Å². The lowest BCUT2D eigenvalue weighted by atomic mass is 10.0. The van der Waals surface area contributed by atoms with Crippen LogP contribution in [0.5, 0.6) is 0 Å². The molecule has 1 aliphatic carbocycles. The first-order chi connectivity index (χ1) is 13.1. The summed E-state index contributed by atoms with van der Waals surface area (Å²) in [5.41, 5.74) is -1.79. The number of halogens is 3. The first-order valence-corrected chi connectivity index (χ1v) is 11.4. The largest absolute Gasteiger partial charge is 0.435 e. The standard InChI is InChI=1S/C17H18F3N3O3S2/c1-28(25,26)12-7-8-14(21-9-12)23-16(27-11-5-3-2-4-6-11)13(10-24)15(22-23)17(18,19)20/h7-11H,2-6H2,1H3. The molecule has 0 N–H and O–H groups in total. The average molecular weight is 433 g/mol. The molecule has 2 aromatic rings. The van der Waals surface area contributed by atoms with Crippen molar-refractivity contribution in [1.82, 2.24) is 14.8 Å². The Hall–Kier alpha value is -1.88. The van der Waals surface area contributed by atoms with Gasteiger partial charge in [-0.15, -0.1) is 11.8 Å². The zero-order valence-corrected chi connectivity index (χ0v) is 16.6. The number of hydrogen-bond acceptors (Lipinski definition) is 6. The van der Waals surface area contributed by atoms with Gasteiger partial charge >= 0.3 is 6.18 Å². The average Bonchev–Trinajstić information content (AvgIpc) is 3.00. The van der Waals surface area contributed by atoms with Crippen molar-refractivity contribution in [2.45, 2.75) is 53.5 Å². The van der Waals surface area contributed by atoms with Crippen LogP contribution in [0.3, 0.4) is 0 Å². The van der Waals surface area contributed by atoms with E-state index in [1.54, 1.807) is 0 Å². The van der Waals surface area contributed by atoms with E-state index in [-0.39, 0.29) is 27.3 Å². The number of hydrogen-bond donors (Lipinski definition) is 0. The molecule has 1 saturated carbocycles. The van der Waals surface area contributed by atoms with Crippen LogP contribution >= 0.6 is 11.8 Å². The van der Waals surface area contributed by atoms with Gasteiger partial charge in [0.05, 0.1) is 10.5 Å². The van der Waals surface area contributed by atoms with Gasteiger partial charge in [0.1, 0.15) is 5.03 Å². The Morgan fingerprint density at radius 3 is 2.39 bits per heavy atom. The molecule has 152 valence electrons. The van der Waals surface area contributed by atoms with Gasteiger partial charge in [0.2, 0.25) is 0 Å². The highest BCUT2D eigenvalue weighted by Crippen LogP contribution is 2.40. The molecule has 2 aromatic heterocycles. The lowest BCUT2D eigenvalue weighted by Gasteiger charge is -2.21. The van der Waals surface area contributed by atoms with Crippen LogP contribution in [0.1, 0.15) is 48.2 Å². The van der Waals surface area contributed by atoms with Crippen molar-refractivity contribution in [3.05, 3.63) is 29.6 Å². The van der Waals surface area contributed by atoms with Gasteiger partial charge in [-0.05, 0) is 25.0 Å². The second-order valence-electron chi connectivity index (χ2n) is 6.60. The minimum Gasteiger partial charge on any atom is -0.298 e. The molecular formula is C17H18F3N3O3S2. The van der Waals surface area contributed by atoms with E-state index in [0.29, 0.717) is 0 Å². The van der Waals surface area contributed by atoms with Crippen molar-refractivity contribution in [2.75, 3.05) is 6.26 Å². The SMILES string of the molecule is CS(=O)(=O)c1ccc(-n2nc(C(F)(F)F)c(C=O)c2SC2CCCCC2)nc1. The number of alkyl halides is 3. The molecule has 0 saturated heterocycles. The van der Waals surface area contributed by atoms with Crippen molar-refractivity contribution >= 4 is 27.9 Å². The number of nitrogens with zero attached hydrogens (tertiary/aromatic N) is 3. The van der Waals surface area contributed by atoms with Gasteiger partial charge in [-0.25, -0.2) is 18.1 Å². The van der Waals surface area contributed by atoms with E-state index in [9.17, 15) is 26.4 Å². The Labute approximate surface area is 164 Å².